The highest BCUT2D eigenvalue weighted by Gasteiger charge is 2.28. The summed E-state index contributed by atoms with van der Waals surface area (Å²) in [6.07, 6.45) is 2.36. The summed E-state index contributed by atoms with van der Waals surface area (Å²) >= 11 is 0. The van der Waals surface area contributed by atoms with Crippen LogP contribution in [0.1, 0.15) is 26.2 Å². The summed E-state index contributed by atoms with van der Waals surface area (Å²) in [4.78, 5) is 35.7. The van der Waals surface area contributed by atoms with Crippen LogP contribution in [0.2, 0.25) is 0 Å². The Labute approximate surface area is 125 Å². The molecule has 0 aromatic rings. The Morgan fingerprint density at radius 2 is 1.81 bits per heavy atom. The number of nitrogens with one attached hydrogen (secondary N) is 3. The lowest BCUT2D eigenvalue weighted by Gasteiger charge is -2.27. The van der Waals surface area contributed by atoms with Gasteiger partial charge in [-0.25, -0.2) is 0 Å². The maximum absolute atomic E-state index is 11.8. The quantitative estimate of drug-likeness (QED) is 0.479. The van der Waals surface area contributed by atoms with Crippen molar-refractivity contribution >= 4 is 17.8 Å². The Hall–Kier alpha value is -1.63. The number of carbonyl (C=O) groups excluding carboxylic acids is 3. The second-order valence-electron chi connectivity index (χ2n) is 5.35. The summed E-state index contributed by atoms with van der Waals surface area (Å²) in [5, 5.41) is 5.32. The molecule has 1 fully saturated rings. The van der Waals surface area contributed by atoms with Crippen LogP contribution in [0.25, 0.3) is 0 Å². The van der Waals surface area contributed by atoms with E-state index >= 15 is 0 Å². The van der Waals surface area contributed by atoms with Gasteiger partial charge >= 0.3 is 5.97 Å². The van der Waals surface area contributed by atoms with Gasteiger partial charge in [-0.1, -0.05) is 6.92 Å². The number of amides is 2. The lowest BCUT2D eigenvalue weighted by molar-refractivity contribution is -0.897. The van der Waals surface area contributed by atoms with Crippen molar-refractivity contribution in [2.24, 2.45) is 5.92 Å². The molecule has 7 heteroatoms. The molecule has 0 atom stereocenters. The standard InChI is InChI=1S/C14H25N3O4/c1-3-6-15-12(18)9-16-13(19)10-17-7-4-11(5-8-17)14(20)21-2/h11H,3-10H2,1-2H3,(H,15,18)(H,16,19)/p+1. The molecule has 120 valence electrons. The molecular weight excluding hydrogens is 274 g/mol. The number of esters is 1. The number of quaternary nitrogens is 1. The van der Waals surface area contributed by atoms with Gasteiger partial charge in [-0.3, -0.25) is 14.4 Å². The molecule has 0 saturated carbocycles. The first kappa shape index (κ1) is 17.4. The zero-order chi connectivity index (χ0) is 15.7. The number of ether oxygens (including phenoxy) is 1. The van der Waals surface area contributed by atoms with E-state index in [1.807, 2.05) is 6.92 Å². The fourth-order valence-electron chi connectivity index (χ4n) is 2.40. The van der Waals surface area contributed by atoms with Crippen LogP contribution in [0.3, 0.4) is 0 Å². The third-order valence-electron chi connectivity index (χ3n) is 3.66. The van der Waals surface area contributed by atoms with Crippen LogP contribution in [0.4, 0.5) is 0 Å². The van der Waals surface area contributed by atoms with Crippen LogP contribution in [0, 0.1) is 5.92 Å². The second kappa shape index (κ2) is 9.33. The highest BCUT2D eigenvalue weighted by Crippen LogP contribution is 2.10. The number of piperidine rings is 1. The zero-order valence-electron chi connectivity index (χ0n) is 12.9. The van der Waals surface area contributed by atoms with Gasteiger partial charge in [0.05, 0.1) is 32.7 Å². The third-order valence-corrected chi connectivity index (χ3v) is 3.66. The monoisotopic (exact) mass is 300 g/mol. The lowest BCUT2D eigenvalue weighted by Crippen LogP contribution is -3.14. The first-order chi connectivity index (χ1) is 10.1. The van der Waals surface area contributed by atoms with Gasteiger partial charge < -0.3 is 20.3 Å². The van der Waals surface area contributed by atoms with Gasteiger partial charge in [-0.15, -0.1) is 0 Å². The fourth-order valence-corrected chi connectivity index (χ4v) is 2.40. The Morgan fingerprint density at radius 3 is 2.38 bits per heavy atom. The minimum absolute atomic E-state index is 0.0247. The molecule has 2 amide bonds. The van der Waals surface area contributed by atoms with Crippen molar-refractivity contribution < 1.29 is 24.0 Å². The van der Waals surface area contributed by atoms with Crippen LogP contribution < -0.4 is 15.5 Å². The smallest absolute Gasteiger partial charge is 0.309 e. The van der Waals surface area contributed by atoms with E-state index in [4.69, 9.17) is 4.74 Å². The maximum atomic E-state index is 11.8. The molecule has 0 unspecified atom stereocenters. The summed E-state index contributed by atoms with van der Waals surface area (Å²) in [6, 6.07) is 0. The molecule has 3 N–H and O–H groups in total. The molecule has 1 aliphatic heterocycles. The Morgan fingerprint density at radius 1 is 1.14 bits per heavy atom. The van der Waals surface area contributed by atoms with Crippen molar-refractivity contribution in [3.8, 4) is 0 Å². The molecule has 21 heavy (non-hydrogen) atoms. The van der Waals surface area contributed by atoms with E-state index in [2.05, 4.69) is 10.6 Å². The predicted molar refractivity (Wildman–Crippen MR) is 76.6 cm³/mol. The van der Waals surface area contributed by atoms with Crippen LogP contribution in [0.15, 0.2) is 0 Å². The third kappa shape index (κ3) is 6.57. The summed E-state index contributed by atoms with van der Waals surface area (Å²) in [6.45, 7) is 4.51. The summed E-state index contributed by atoms with van der Waals surface area (Å²) in [7, 11) is 1.40. The van der Waals surface area contributed by atoms with E-state index in [0.717, 1.165) is 37.3 Å². The minimum atomic E-state index is -0.162. The predicted octanol–water partition coefficient (Wildman–Crippen LogP) is -1.90. The van der Waals surface area contributed by atoms with Gasteiger partial charge in [0, 0.05) is 19.4 Å². The van der Waals surface area contributed by atoms with Crippen LogP contribution >= 0.6 is 0 Å². The number of methoxy groups -OCH3 is 1. The van der Waals surface area contributed by atoms with Crippen LogP contribution in [-0.4, -0.2) is 57.6 Å². The number of hydrogen-bond acceptors (Lipinski definition) is 4. The molecule has 0 aliphatic carbocycles. The molecule has 0 spiro atoms. The Kier molecular flexibility index (Phi) is 7.74. The van der Waals surface area contributed by atoms with Gasteiger partial charge in [0.1, 0.15) is 0 Å². The molecule has 7 nitrogen and oxygen atoms in total. The highest BCUT2D eigenvalue weighted by atomic mass is 16.5. The molecule has 1 heterocycles. The lowest BCUT2D eigenvalue weighted by atomic mass is 9.97. The van der Waals surface area contributed by atoms with E-state index in [0.29, 0.717) is 13.1 Å². The summed E-state index contributed by atoms with van der Waals surface area (Å²) < 4.78 is 4.73. The van der Waals surface area contributed by atoms with Crippen LogP contribution in [-0.2, 0) is 19.1 Å². The molecule has 0 aromatic carbocycles. The maximum Gasteiger partial charge on any atom is 0.309 e. The number of carbonyl (C=O) groups is 3. The average molecular weight is 300 g/mol. The van der Waals surface area contributed by atoms with Crippen molar-refractivity contribution in [2.45, 2.75) is 26.2 Å². The molecule has 1 aliphatic rings. The van der Waals surface area contributed by atoms with Crippen molar-refractivity contribution in [3.63, 3.8) is 0 Å². The van der Waals surface area contributed by atoms with Crippen molar-refractivity contribution in [1.82, 2.24) is 10.6 Å². The molecular formula is C14H26N3O4+. The van der Waals surface area contributed by atoms with E-state index in [1.54, 1.807) is 0 Å². The normalized spacial score (nSPS) is 21.4. The minimum Gasteiger partial charge on any atom is -0.469 e. The van der Waals surface area contributed by atoms with Gasteiger partial charge in [0.25, 0.3) is 5.91 Å². The number of likely N-dealkylation sites (tertiary alicyclic amines) is 1. The molecule has 0 bridgehead atoms. The fraction of sp³-hybridized carbons (Fsp3) is 0.786. The van der Waals surface area contributed by atoms with Crippen LogP contribution in [0.5, 0.6) is 0 Å². The van der Waals surface area contributed by atoms with Crippen molar-refractivity contribution in [3.05, 3.63) is 0 Å². The SMILES string of the molecule is CCCNC(=O)CNC(=O)C[NH+]1CCC(C(=O)OC)CC1. The highest BCUT2D eigenvalue weighted by molar-refractivity contribution is 5.85. The molecule has 0 aromatic heterocycles. The van der Waals surface area contributed by atoms with Crippen molar-refractivity contribution in [2.75, 3.05) is 39.8 Å². The van der Waals surface area contributed by atoms with E-state index < -0.39 is 0 Å². The molecule has 1 saturated heterocycles. The topological polar surface area (TPSA) is 88.9 Å². The molecule has 1 rings (SSSR count). The average Bonchev–Trinajstić information content (AvgIpc) is 2.50. The van der Waals surface area contributed by atoms with Crippen molar-refractivity contribution in [1.29, 1.82) is 0 Å². The first-order valence-corrected chi connectivity index (χ1v) is 7.51. The van der Waals surface area contributed by atoms with E-state index in [1.165, 1.54) is 7.11 Å². The largest absolute Gasteiger partial charge is 0.469 e. The summed E-state index contributed by atoms with van der Waals surface area (Å²) in [5.74, 6) is -0.495. The number of rotatable bonds is 7. The zero-order valence-corrected chi connectivity index (χ0v) is 12.9. The van der Waals surface area contributed by atoms with Gasteiger partial charge in [-0.05, 0) is 6.42 Å². The Bertz CT molecular complexity index is 365. The van der Waals surface area contributed by atoms with E-state index in [-0.39, 0.29) is 30.2 Å². The van der Waals surface area contributed by atoms with Gasteiger partial charge in [0.2, 0.25) is 5.91 Å². The van der Waals surface area contributed by atoms with Gasteiger partial charge in [-0.2, -0.15) is 0 Å². The van der Waals surface area contributed by atoms with E-state index in [9.17, 15) is 14.4 Å². The summed E-state index contributed by atoms with van der Waals surface area (Å²) in [5.41, 5.74) is 0. The second-order valence-corrected chi connectivity index (χ2v) is 5.35. The number of hydrogen-bond donors (Lipinski definition) is 3. The van der Waals surface area contributed by atoms with Gasteiger partial charge in [0.15, 0.2) is 6.54 Å². The first-order valence-electron chi connectivity index (χ1n) is 7.51. The Balaban J connectivity index is 2.18. The molecule has 0 radical (unpaired) electrons.